The zero-order valence-electron chi connectivity index (χ0n) is 10.6. The standard InChI is InChI=1S/C13H18N2O4/c16-12(17)9-3-4-10(8-9)15-13(18)14-6-5-11-2-1-7-19-11/h1-2,7,9-10H,3-6,8H2,(H,16,17)(H2,14,15,18). The molecule has 1 saturated carbocycles. The number of amides is 2. The van der Waals surface area contributed by atoms with E-state index in [0.717, 1.165) is 12.2 Å². The minimum absolute atomic E-state index is 0.0373. The molecule has 0 spiro atoms. The van der Waals surface area contributed by atoms with Crippen LogP contribution < -0.4 is 10.6 Å². The molecule has 3 N–H and O–H groups in total. The summed E-state index contributed by atoms with van der Waals surface area (Å²) in [5, 5.41) is 14.4. The van der Waals surface area contributed by atoms with Gasteiger partial charge >= 0.3 is 12.0 Å². The molecule has 1 aliphatic carbocycles. The Labute approximate surface area is 111 Å². The van der Waals surface area contributed by atoms with Crippen molar-refractivity contribution in [2.75, 3.05) is 6.54 Å². The second-order valence-electron chi connectivity index (χ2n) is 4.77. The van der Waals surface area contributed by atoms with Crippen LogP contribution in [0.15, 0.2) is 22.8 Å². The van der Waals surface area contributed by atoms with Crippen molar-refractivity contribution >= 4 is 12.0 Å². The molecule has 0 radical (unpaired) electrons. The van der Waals surface area contributed by atoms with Crippen LogP contribution >= 0.6 is 0 Å². The fourth-order valence-electron chi connectivity index (χ4n) is 2.33. The molecule has 1 fully saturated rings. The molecule has 2 atom stereocenters. The summed E-state index contributed by atoms with van der Waals surface area (Å²) in [6, 6.07) is 3.38. The Morgan fingerprint density at radius 2 is 2.26 bits per heavy atom. The molecular formula is C13H18N2O4. The Hall–Kier alpha value is -1.98. The lowest BCUT2D eigenvalue weighted by molar-refractivity contribution is -0.141. The van der Waals surface area contributed by atoms with Gasteiger partial charge in [-0.1, -0.05) is 0 Å². The van der Waals surface area contributed by atoms with Crippen molar-refractivity contribution in [2.24, 2.45) is 5.92 Å². The number of carboxylic acids is 1. The number of nitrogens with one attached hydrogen (secondary N) is 2. The zero-order chi connectivity index (χ0) is 13.7. The second kappa shape index (κ2) is 6.26. The first-order valence-corrected chi connectivity index (χ1v) is 6.44. The van der Waals surface area contributed by atoms with Gasteiger partial charge in [-0.05, 0) is 31.4 Å². The Bertz CT molecular complexity index is 430. The highest BCUT2D eigenvalue weighted by molar-refractivity contribution is 5.75. The second-order valence-corrected chi connectivity index (χ2v) is 4.77. The fourth-order valence-corrected chi connectivity index (χ4v) is 2.33. The first kappa shape index (κ1) is 13.5. The van der Waals surface area contributed by atoms with Crippen LogP contribution in [0.25, 0.3) is 0 Å². The average Bonchev–Trinajstić information content (AvgIpc) is 3.00. The van der Waals surface area contributed by atoms with Gasteiger partial charge in [-0.3, -0.25) is 4.79 Å². The molecule has 2 rings (SSSR count). The highest BCUT2D eigenvalue weighted by Crippen LogP contribution is 2.25. The van der Waals surface area contributed by atoms with Gasteiger partial charge in [-0.25, -0.2) is 4.79 Å². The molecule has 0 saturated heterocycles. The third-order valence-corrected chi connectivity index (χ3v) is 3.35. The summed E-state index contributed by atoms with van der Waals surface area (Å²) in [5.41, 5.74) is 0. The van der Waals surface area contributed by atoms with E-state index in [-0.39, 0.29) is 18.0 Å². The first-order valence-electron chi connectivity index (χ1n) is 6.44. The normalized spacial score (nSPS) is 22.1. The Morgan fingerprint density at radius 1 is 1.42 bits per heavy atom. The molecular weight excluding hydrogens is 248 g/mol. The highest BCUT2D eigenvalue weighted by atomic mass is 16.4. The molecule has 1 heterocycles. The summed E-state index contributed by atoms with van der Waals surface area (Å²) in [6.07, 6.45) is 4.11. The topological polar surface area (TPSA) is 91.6 Å². The van der Waals surface area contributed by atoms with Crippen LogP contribution in [-0.2, 0) is 11.2 Å². The van der Waals surface area contributed by atoms with Gasteiger partial charge in [0.05, 0.1) is 12.2 Å². The number of carbonyl (C=O) groups excluding carboxylic acids is 1. The van der Waals surface area contributed by atoms with Gasteiger partial charge in [-0.15, -0.1) is 0 Å². The maximum Gasteiger partial charge on any atom is 0.315 e. The lowest BCUT2D eigenvalue weighted by atomic mass is 10.1. The van der Waals surface area contributed by atoms with Crippen molar-refractivity contribution in [3.8, 4) is 0 Å². The molecule has 1 aromatic heterocycles. The van der Waals surface area contributed by atoms with Crippen molar-refractivity contribution < 1.29 is 19.1 Å². The highest BCUT2D eigenvalue weighted by Gasteiger charge is 2.30. The number of carbonyl (C=O) groups is 2. The van der Waals surface area contributed by atoms with Gasteiger partial charge in [0.2, 0.25) is 0 Å². The minimum atomic E-state index is -0.775. The fraction of sp³-hybridized carbons (Fsp3) is 0.538. The number of urea groups is 1. The van der Waals surface area contributed by atoms with Crippen LogP contribution in [0.3, 0.4) is 0 Å². The predicted molar refractivity (Wildman–Crippen MR) is 67.7 cm³/mol. The average molecular weight is 266 g/mol. The number of furan rings is 1. The molecule has 0 aromatic carbocycles. The van der Waals surface area contributed by atoms with Crippen molar-refractivity contribution in [2.45, 2.75) is 31.7 Å². The zero-order valence-corrected chi connectivity index (χ0v) is 10.6. The summed E-state index contributed by atoms with van der Waals surface area (Å²) in [5.74, 6) is -0.275. The smallest absolute Gasteiger partial charge is 0.315 e. The van der Waals surface area contributed by atoms with Crippen LogP contribution in [-0.4, -0.2) is 29.7 Å². The van der Waals surface area contributed by atoms with Gasteiger partial charge in [0, 0.05) is 19.0 Å². The summed E-state index contributed by atoms with van der Waals surface area (Å²) >= 11 is 0. The van der Waals surface area contributed by atoms with Gasteiger partial charge in [0.25, 0.3) is 0 Å². The third-order valence-electron chi connectivity index (χ3n) is 3.35. The number of hydrogen-bond donors (Lipinski definition) is 3. The van der Waals surface area contributed by atoms with Gasteiger partial charge in [-0.2, -0.15) is 0 Å². The van der Waals surface area contributed by atoms with E-state index in [9.17, 15) is 9.59 Å². The molecule has 19 heavy (non-hydrogen) atoms. The Kier molecular flexibility index (Phi) is 4.43. The molecule has 104 valence electrons. The number of aliphatic carboxylic acids is 1. The Morgan fingerprint density at radius 3 is 2.89 bits per heavy atom. The SMILES string of the molecule is O=C(NCCc1ccco1)NC1CCC(C(=O)O)C1. The quantitative estimate of drug-likeness (QED) is 0.750. The van der Waals surface area contributed by atoms with E-state index in [1.54, 1.807) is 12.3 Å². The minimum Gasteiger partial charge on any atom is -0.481 e. The van der Waals surface area contributed by atoms with Crippen LogP contribution in [0, 0.1) is 5.92 Å². The van der Waals surface area contributed by atoms with Crippen molar-refractivity contribution in [3.63, 3.8) is 0 Å². The van der Waals surface area contributed by atoms with E-state index in [1.165, 1.54) is 0 Å². The van der Waals surface area contributed by atoms with Gasteiger partial charge < -0.3 is 20.2 Å². The van der Waals surface area contributed by atoms with E-state index in [0.29, 0.717) is 25.8 Å². The molecule has 2 unspecified atom stereocenters. The summed E-state index contributed by atoms with van der Waals surface area (Å²) in [6.45, 7) is 0.494. The van der Waals surface area contributed by atoms with Crippen LogP contribution in [0.1, 0.15) is 25.0 Å². The number of rotatable bonds is 5. The maximum atomic E-state index is 11.6. The lowest BCUT2D eigenvalue weighted by Gasteiger charge is -2.13. The van der Waals surface area contributed by atoms with E-state index < -0.39 is 5.97 Å². The predicted octanol–water partition coefficient (Wildman–Crippen LogP) is 1.37. The van der Waals surface area contributed by atoms with Gasteiger partial charge in [0.1, 0.15) is 5.76 Å². The summed E-state index contributed by atoms with van der Waals surface area (Å²) < 4.78 is 5.15. The molecule has 1 aliphatic rings. The van der Waals surface area contributed by atoms with Crippen molar-refractivity contribution in [1.82, 2.24) is 10.6 Å². The lowest BCUT2D eigenvalue weighted by Crippen LogP contribution is -2.41. The van der Waals surface area contributed by atoms with E-state index in [1.807, 2.05) is 6.07 Å². The summed E-state index contributed by atoms with van der Waals surface area (Å²) in [4.78, 5) is 22.4. The number of carboxylic acid groups (broad SMARTS) is 1. The van der Waals surface area contributed by atoms with Gasteiger partial charge in [0.15, 0.2) is 0 Å². The third kappa shape index (κ3) is 4.01. The molecule has 0 bridgehead atoms. The van der Waals surface area contributed by atoms with Crippen LogP contribution in [0.5, 0.6) is 0 Å². The van der Waals surface area contributed by atoms with Crippen molar-refractivity contribution in [3.05, 3.63) is 24.2 Å². The molecule has 0 aliphatic heterocycles. The van der Waals surface area contributed by atoms with Crippen LogP contribution in [0.4, 0.5) is 4.79 Å². The molecule has 6 heteroatoms. The van der Waals surface area contributed by atoms with E-state index in [2.05, 4.69) is 10.6 Å². The van der Waals surface area contributed by atoms with E-state index in [4.69, 9.17) is 9.52 Å². The molecule has 6 nitrogen and oxygen atoms in total. The maximum absolute atomic E-state index is 11.6. The first-order chi connectivity index (χ1) is 9.15. The molecule has 1 aromatic rings. The molecule has 2 amide bonds. The largest absolute Gasteiger partial charge is 0.481 e. The van der Waals surface area contributed by atoms with Crippen molar-refractivity contribution in [1.29, 1.82) is 0 Å². The number of hydrogen-bond acceptors (Lipinski definition) is 3. The Balaban J connectivity index is 1.63. The monoisotopic (exact) mass is 266 g/mol. The summed E-state index contributed by atoms with van der Waals surface area (Å²) in [7, 11) is 0. The van der Waals surface area contributed by atoms with E-state index >= 15 is 0 Å². The van der Waals surface area contributed by atoms with Crippen LogP contribution in [0.2, 0.25) is 0 Å².